The average Bonchev–Trinajstić information content (AvgIpc) is 3.49. The maximum Gasteiger partial charge on any atom is 0.261 e. The molecule has 1 amide bonds. The van der Waals surface area contributed by atoms with Gasteiger partial charge in [0.1, 0.15) is 5.82 Å². The van der Waals surface area contributed by atoms with E-state index in [-0.39, 0.29) is 17.5 Å². The molecule has 1 atom stereocenters. The molecule has 2 heterocycles. The first-order chi connectivity index (χ1) is 12.5. The predicted octanol–water partition coefficient (Wildman–Crippen LogP) is 2.20. The van der Waals surface area contributed by atoms with Crippen LogP contribution < -0.4 is 5.56 Å². The van der Waals surface area contributed by atoms with Crippen molar-refractivity contribution in [1.29, 1.82) is 0 Å². The monoisotopic (exact) mass is 374 g/mol. The highest BCUT2D eigenvalue weighted by atomic mass is 35.5. The zero-order valence-corrected chi connectivity index (χ0v) is 15.9. The summed E-state index contributed by atoms with van der Waals surface area (Å²) in [5, 5.41) is 1.07. The van der Waals surface area contributed by atoms with Gasteiger partial charge in [-0.05, 0) is 38.0 Å². The van der Waals surface area contributed by atoms with Crippen LogP contribution in [0.4, 0.5) is 0 Å². The number of hydrogen-bond acceptors (Lipinski definition) is 4. The highest BCUT2D eigenvalue weighted by Crippen LogP contribution is 2.31. The SMILES string of the molecule is CC(c1nc2ccc(Cl)cc2c(=O)n1C)N1CCN(C(=O)C2CC2)CC1. The number of nitrogens with zero attached hydrogens (tertiary/aromatic N) is 4. The Kier molecular flexibility index (Phi) is 4.49. The van der Waals surface area contributed by atoms with E-state index in [4.69, 9.17) is 16.6 Å². The van der Waals surface area contributed by atoms with Gasteiger partial charge in [0, 0.05) is 44.2 Å². The molecule has 4 rings (SSSR count). The van der Waals surface area contributed by atoms with Crippen molar-refractivity contribution in [3.63, 3.8) is 0 Å². The molecular formula is C19H23ClN4O2. The number of fused-ring (bicyclic) bond motifs is 1. The molecule has 1 aromatic heterocycles. The smallest absolute Gasteiger partial charge is 0.261 e. The molecule has 1 unspecified atom stereocenters. The normalized spacial score (nSPS) is 19.7. The molecule has 1 saturated heterocycles. The van der Waals surface area contributed by atoms with E-state index in [9.17, 15) is 9.59 Å². The Morgan fingerprint density at radius 2 is 1.92 bits per heavy atom. The van der Waals surface area contributed by atoms with E-state index in [1.807, 2.05) is 4.90 Å². The lowest BCUT2D eigenvalue weighted by atomic mass is 10.1. The minimum absolute atomic E-state index is 0.00551. The van der Waals surface area contributed by atoms with Crippen molar-refractivity contribution in [2.75, 3.05) is 26.2 Å². The third-order valence-electron chi connectivity index (χ3n) is 5.55. The van der Waals surface area contributed by atoms with Gasteiger partial charge < -0.3 is 4.90 Å². The van der Waals surface area contributed by atoms with Gasteiger partial charge in [-0.2, -0.15) is 0 Å². The maximum absolute atomic E-state index is 12.7. The van der Waals surface area contributed by atoms with Crippen LogP contribution in [0, 0.1) is 5.92 Å². The summed E-state index contributed by atoms with van der Waals surface area (Å²) in [6.45, 7) is 5.16. The summed E-state index contributed by atoms with van der Waals surface area (Å²) >= 11 is 6.02. The van der Waals surface area contributed by atoms with Gasteiger partial charge in [-0.15, -0.1) is 0 Å². The zero-order valence-electron chi connectivity index (χ0n) is 15.1. The van der Waals surface area contributed by atoms with E-state index < -0.39 is 0 Å². The Morgan fingerprint density at radius 3 is 2.58 bits per heavy atom. The van der Waals surface area contributed by atoms with Crippen molar-refractivity contribution in [2.24, 2.45) is 13.0 Å². The van der Waals surface area contributed by atoms with E-state index in [0.717, 1.165) is 44.8 Å². The van der Waals surface area contributed by atoms with Crippen molar-refractivity contribution in [3.05, 3.63) is 39.4 Å². The fourth-order valence-electron chi connectivity index (χ4n) is 3.72. The number of benzene rings is 1. The van der Waals surface area contributed by atoms with Crippen LogP contribution in [0.3, 0.4) is 0 Å². The fraction of sp³-hybridized carbons (Fsp3) is 0.526. The highest BCUT2D eigenvalue weighted by Gasteiger charge is 2.35. The molecule has 1 aromatic carbocycles. The molecule has 7 heteroatoms. The summed E-state index contributed by atoms with van der Waals surface area (Å²) in [7, 11) is 1.76. The van der Waals surface area contributed by atoms with Gasteiger partial charge in [-0.3, -0.25) is 19.1 Å². The number of carbonyl (C=O) groups is 1. The standard InChI is InChI=1S/C19H23ClN4O2/c1-12(23-7-9-24(10-8-23)18(25)13-3-4-13)17-21-16-6-5-14(20)11-15(16)19(26)22(17)2/h5-6,11-13H,3-4,7-10H2,1-2H3. The van der Waals surface area contributed by atoms with Crippen LogP contribution in [-0.2, 0) is 11.8 Å². The number of amides is 1. The van der Waals surface area contributed by atoms with E-state index in [1.54, 1.807) is 29.8 Å². The second kappa shape index (κ2) is 6.67. The Balaban J connectivity index is 1.56. The maximum atomic E-state index is 12.7. The number of halogens is 1. The van der Waals surface area contributed by atoms with Gasteiger partial charge in [-0.25, -0.2) is 4.98 Å². The Hall–Kier alpha value is -1.92. The van der Waals surface area contributed by atoms with E-state index >= 15 is 0 Å². The molecule has 1 aliphatic heterocycles. The molecule has 0 N–H and O–H groups in total. The van der Waals surface area contributed by atoms with Crippen LogP contribution in [0.1, 0.15) is 31.6 Å². The molecular weight excluding hydrogens is 352 g/mol. The molecule has 0 radical (unpaired) electrons. The first-order valence-electron chi connectivity index (χ1n) is 9.14. The first kappa shape index (κ1) is 17.5. The molecule has 2 aromatic rings. The van der Waals surface area contributed by atoms with Crippen LogP contribution in [0.25, 0.3) is 10.9 Å². The van der Waals surface area contributed by atoms with Crippen molar-refractivity contribution >= 4 is 28.4 Å². The Morgan fingerprint density at radius 1 is 1.23 bits per heavy atom. The Bertz CT molecular complexity index is 914. The minimum atomic E-state index is -0.0816. The first-order valence-corrected chi connectivity index (χ1v) is 9.52. The highest BCUT2D eigenvalue weighted by molar-refractivity contribution is 6.31. The summed E-state index contributed by atoms with van der Waals surface area (Å²) in [6.07, 6.45) is 2.09. The van der Waals surface area contributed by atoms with Gasteiger partial charge in [0.25, 0.3) is 5.56 Å². The second-order valence-electron chi connectivity index (χ2n) is 7.31. The van der Waals surface area contributed by atoms with Crippen molar-refractivity contribution in [2.45, 2.75) is 25.8 Å². The molecule has 1 aliphatic carbocycles. The summed E-state index contributed by atoms with van der Waals surface area (Å²) < 4.78 is 1.62. The summed E-state index contributed by atoms with van der Waals surface area (Å²) in [5.74, 6) is 1.32. The number of rotatable bonds is 3. The average molecular weight is 375 g/mol. The fourth-order valence-corrected chi connectivity index (χ4v) is 3.89. The van der Waals surface area contributed by atoms with Crippen LogP contribution in [0.2, 0.25) is 5.02 Å². The second-order valence-corrected chi connectivity index (χ2v) is 7.74. The van der Waals surface area contributed by atoms with Crippen LogP contribution in [-0.4, -0.2) is 51.4 Å². The largest absolute Gasteiger partial charge is 0.340 e. The zero-order chi connectivity index (χ0) is 18.4. The van der Waals surface area contributed by atoms with Crippen LogP contribution in [0.5, 0.6) is 0 Å². The van der Waals surface area contributed by atoms with Crippen molar-refractivity contribution < 1.29 is 4.79 Å². The van der Waals surface area contributed by atoms with E-state index in [2.05, 4.69) is 11.8 Å². The topological polar surface area (TPSA) is 58.4 Å². The van der Waals surface area contributed by atoms with Gasteiger partial charge in [0.2, 0.25) is 5.91 Å². The molecule has 0 spiro atoms. The summed E-state index contributed by atoms with van der Waals surface area (Å²) in [4.78, 5) is 33.9. The van der Waals surface area contributed by atoms with Crippen LogP contribution in [0.15, 0.2) is 23.0 Å². The van der Waals surface area contributed by atoms with Crippen molar-refractivity contribution in [1.82, 2.24) is 19.4 Å². The molecule has 0 bridgehead atoms. The summed E-state index contributed by atoms with van der Waals surface area (Å²) in [5.41, 5.74) is 0.587. The van der Waals surface area contributed by atoms with Gasteiger partial charge >= 0.3 is 0 Å². The number of hydrogen-bond donors (Lipinski definition) is 0. The quantitative estimate of drug-likeness (QED) is 0.826. The van der Waals surface area contributed by atoms with Crippen molar-refractivity contribution in [3.8, 4) is 0 Å². The lowest BCUT2D eigenvalue weighted by Gasteiger charge is -2.38. The molecule has 6 nitrogen and oxygen atoms in total. The number of aromatic nitrogens is 2. The molecule has 138 valence electrons. The Labute approximate surface area is 157 Å². The number of piperazine rings is 1. The van der Waals surface area contributed by atoms with Crippen LogP contribution >= 0.6 is 11.6 Å². The minimum Gasteiger partial charge on any atom is -0.340 e. The predicted molar refractivity (Wildman–Crippen MR) is 101 cm³/mol. The van der Waals surface area contributed by atoms with Gasteiger partial charge in [0.05, 0.1) is 16.9 Å². The molecule has 2 aliphatic rings. The lowest BCUT2D eigenvalue weighted by molar-refractivity contribution is -0.134. The molecule has 1 saturated carbocycles. The van der Waals surface area contributed by atoms with Gasteiger partial charge in [0.15, 0.2) is 0 Å². The summed E-state index contributed by atoms with van der Waals surface area (Å²) in [6, 6.07) is 5.23. The van der Waals surface area contributed by atoms with E-state index in [1.165, 1.54) is 0 Å². The molecule has 2 fully saturated rings. The number of carbonyl (C=O) groups excluding carboxylic acids is 1. The van der Waals surface area contributed by atoms with E-state index in [0.29, 0.717) is 21.8 Å². The molecule has 26 heavy (non-hydrogen) atoms. The third kappa shape index (κ3) is 3.12. The lowest BCUT2D eigenvalue weighted by Crippen LogP contribution is -2.50. The third-order valence-corrected chi connectivity index (χ3v) is 5.78. The van der Waals surface area contributed by atoms with Gasteiger partial charge in [-0.1, -0.05) is 11.6 Å².